The minimum Gasteiger partial charge on any atom is -0.486 e. The van der Waals surface area contributed by atoms with Crippen molar-refractivity contribution in [1.29, 1.82) is 0 Å². The molecule has 34 heavy (non-hydrogen) atoms. The van der Waals surface area contributed by atoms with Gasteiger partial charge in [0.2, 0.25) is 0 Å². The molecule has 2 heteroatoms. The highest BCUT2D eigenvalue weighted by Crippen LogP contribution is 2.30. The molecule has 202 valence electrons. The maximum atomic E-state index is 11.4. The molecule has 0 amide bonds. The van der Waals surface area contributed by atoms with Crippen LogP contribution >= 0.6 is 0 Å². The van der Waals surface area contributed by atoms with E-state index < -0.39 is 0 Å². The second-order valence-electron chi connectivity index (χ2n) is 5.87. The van der Waals surface area contributed by atoms with Crippen LogP contribution in [-0.4, -0.2) is 5.78 Å². The molecule has 0 spiro atoms. The Kier molecular flexibility index (Phi) is 44.2. The summed E-state index contributed by atoms with van der Waals surface area (Å²) in [6.45, 7) is 43.3. The molecule has 1 rings (SSSR count). The molecular weight excluding hydrogens is 416 g/mol. The van der Waals surface area contributed by atoms with Gasteiger partial charge in [-0.15, -0.1) is 0 Å². The van der Waals surface area contributed by atoms with Crippen molar-refractivity contribution >= 4 is 5.78 Å². The highest BCUT2D eigenvalue weighted by molar-refractivity contribution is 5.95. The highest BCUT2D eigenvalue weighted by atomic mass is 16.5. The normalized spacial score (nSPS) is 9.29. The summed E-state index contributed by atoms with van der Waals surface area (Å²) in [5.41, 5.74) is 6.05. The predicted octanol–water partition coefficient (Wildman–Crippen LogP) is 11.5. The first-order chi connectivity index (χ1) is 16.1. The number of rotatable bonds is 6. The molecule has 0 aliphatic carbocycles. The molecule has 1 aromatic carbocycles. The van der Waals surface area contributed by atoms with E-state index in [2.05, 4.69) is 46.1 Å². The molecule has 0 radical (unpaired) electrons. The number of Topliss-reactive ketones (excluding diaryl/α,β-unsaturated/α-hetero) is 1. The summed E-state index contributed by atoms with van der Waals surface area (Å²) < 4.78 is 6.08. The van der Waals surface area contributed by atoms with Gasteiger partial charge >= 0.3 is 0 Å². The molecule has 0 fully saturated rings. The zero-order chi connectivity index (χ0) is 29.0. The Bertz CT molecular complexity index is 649. The lowest BCUT2D eigenvalue weighted by molar-refractivity contribution is -0.113. The largest absolute Gasteiger partial charge is 0.486 e. The summed E-state index contributed by atoms with van der Waals surface area (Å²) in [5.74, 6) is 0.533. The second kappa shape index (κ2) is 33.1. The van der Waals surface area contributed by atoms with Gasteiger partial charge in [0.15, 0.2) is 5.78 Å². The van der Waals surface area contributed by atoms with Crippen LogP contribution in [0.5, 0.6) is 0 Å². The average molecular weight is 479 g/mol. The third-order valence-corrected chi connectivity index (χ3v) is 3.89. The van der Waals surface area contributed by atoms with Gasteiger partial charge in [0, 0.05) is 5.57 Å². The molecule has 0 saturated carbocycles. The summed E-state index contributed by atoms with van der Waals surface area (Å²) in [4.78, 5) is 11.4. The van der Waals surface area contributed by atoms with Crippen molar-refractivity contribution in [1.82, 2.24) is 0 Å². The molecule has 0 heterocycles. The fraction of sp³-hybridized carbons (Fsp3) is 0.594. The highest BCUT2D eigenvalue weighted by Gasteiger charge is 2.16. The molecular formula is C32H62O2. The quantitative estimate of drug-likeness (QED) is 0.231. The lowest BCUT2D eigenvalue weighted by Gasteiger charge is -2.22. The van der Waals surface area contributed by atoms with Gasteiger partial charge in [0.1, 0.15) is 11.9 Å². The van der Waals surface area contributed by atoms with E-state index in [-0.39, 0.29) is 11.9 Å². The van der Waals surface area contributed by atoms with Crippen LogP contribution < -0.4 is 0 Å². The summed E-state index contributed by atoms with van der Waals surface area (Å²) in [5, 5.41) is 0. The zero-order valence-electron chi connectivity index (χ0n) is 26.5. The number of ether oxygens (including phenoxy) is 1. The van der Waals surface area contributed by atoms with Crippen LogP contribution in [0.1, 0.15) is 132 Å². The molecule has 0 bridgehead atoms. The van der Waals surface area contributed by atoms with E-state index in [1.165, 1.54) is 29.2 Å². The van der Waals surface area contributed by atoms with Gasteiger partial charge in [0.05, 0.1) is 0 Å². The van der Waals surface area contributed by atoms with Crippen LogP contribution in [0.3, 0.4) is 0 Å². The van der Waals surface area contributed by atoms with Crippen LogP contribution in [0.25, 0.3) is 0 Å². The van der Waals surface area contributed by atoms with Crippen molar-refractivity contribution in [3.05, 3.63) is 70.5 Å². The van der Waals surface area contributed by atoms with Gasteiger partial charge in [-0.3, -0.25) is 4.79 Å². The molecule has 1 atom stereocenters. The van der Waals surface area contributed by atoms with Crippen molar-refractivity contribution in [3.63, 3.8) is 0 Å². The maximum absolute atomic E-state index is 11.4. The number of ketones is 1. The van der Waals surface area contributed by atoms with Gasteiger partial charge in [-0.1, -0.05) is 108 Å². The Labute approximate surface area is 216 Å². The SMILES string of the molecule is C=C(/C=C(/OC(C)c1c(C)ccc(C)c1C)C(=C)C)C(C)=O.CC.CC.CC.CC.CC.CC. The number of hydrogen-bond acceptors (Lipinski definition) is 2. The fourth-order valence-electron chi connectivity index (χ4n) is 2.37. The summed E-state index contributed by atoms with van der Waals surface area (Å²) in [7, 11) is 0. The Balaban J connectivity index is -0.000000141. The van der Waals surface area contributed by atoms with Crippen LogP contribution in [0.2, 0.25) is 0 Å². The summed E-state index contributed by atoms with van der Waals surface area (Å²) in [6.07, 6.45) is 1.55. The van der Waals surface area contributed by atoms with Crippen LogP contribution in [0.4, 0.5) is 0 Å². The Morgan fingerprint density at radius 3 is 1.44 bits per heavy atom. The predicted molar refractivity (Wildman–Crippen MR) is 161 cm³/mol. The number of carbonyl (C=O) groups is 1. The lowest BCUT2D eigenvalue weighted by Crippen LogP contribution is -2.07. The molecule has 1 aromatic rings. The number of benzene rings is 1. The van der Waals surface area contributed by atoms with Crippen molar-refractivity contribution < 1.29 is 9.53 Å². The van der Waals surface area contributed by atoms with Gasteiger partial charge in [0.25, 0.3) is 0 Å². The van der Waals surface area contributed by atoms with Crippen molar-refractivity contribution in [2.24, 2.45) is 0 Å². The molecule has 2 nitrogen and oxygen atoms in total. The lowest BCUT2D eigenvalue weighted by atomic mass is 9.95. The molecule has 0 aliphatic heterocycles. The van der Waals surface area contributed by atoms with E-state index in [4.69, 9.17) is 4.74 Å². The van der Waals surface area contributed by atoms with Gasteiger partial charge in [-0.25, -0.2) is 0 Å². The van der Waals surface area contributed by atoms with E-state index in [1.54, 1.807) is 6.08 Å². The number of hydrogen-bond donors (Lipinski definition) is 0. The Morgan fingerprint density at radius 2 is 1.12 bits per heavy atom. The fourth-order valence-corrected chi connectivity index (χ4v) is 2.37. The van der Waals surface area contributed by atoms with E-state index >= 15 is 0 Å². The van der Waals surface area contributed by atoms with E-state index in [0.29, 0.717) is 11.3 Å². The first kappa shape index (κ1) is 45.4. The summed E-state index contributed by atoms with van der Waals surface area (Å²) in [6, 6.07) is 4.23. The molecule has 0 aliphatic rings. The van der Waals surface area contributed by atoms with Crippen LogP contribution in [0, 0.1) is 20.8 Å². The minimum atomic E-state index is -0.123. The Hall–Kier alpha value is -2.09. The molecule has 0 N–H and O–H groups in total. The number of aryl methyl sites for hydroxylation is 2. The summed E-state index contributed by atoms with van der Waals surface area (Å²) >= 11 is 0. The smallest absolute Gasteiger partial charge is 0.159 e. The minimum absolute atomic E-state index is 0.0714. The second-order valence-corrected chi connectivity index (χ2v) is 5.87. The van der Waals surface area contributed by atoms with Crippen molar-refractivity contribution in [3.8, 4) is 0 Å². The van der Waals surface area contributed by atoms with Crippen molar-refractivity contribution in [2.45, 2.75) is 131 Å². The monoisotopic (exact) mass is 478 g/mol. The standard InChI is InChI=1S/C20H26O2.6C2H6/c1-12(2)19(11-15(5)17(7)21)22-18(8)20-14(4)10-9-13(3)16(20)6;6*1-2/h9-11,18H,1,5H2,2-4,6-8H3;6*1-2H3/b19-11+;;;;;;. The molecule has 0 aromatic heterocycles. The Morgan fingerprint density at radius 1 is 0.765 bits per heavy atom. The number of allylic oxidation sites excluding steroid dienone is 3. The van der Waals surface area contributed by atoms with E-state index in [0.717, 1.165) is 5.57 Å². The topological polar surface area (TPSA) is 26.3 Å². The first-order valence-electron chi connectivity index (χ1n) is 13.5. The maximum Gasteiger partial charge on any atom is 0.159 e. The zero-order valence-corrected chi connectivity index (χ0v) is 26.5. The van der Waals surface area contributed by atoms with Gasteiger partial charge < -0.3 is 4.74 Å². The third kappa shape index (κ3) is 20.5. The third-order valence-electron chi connectivity index (χ3n) is 3.89. The number of carbonyl (C=O) groups excluding carboxylic acids is 1. The molecule has 1 unspecified atom stereocenters. The van der Waals surface area contributed by atoms with Crippen LogP contribution in [-0.2, 0) is 9.53 Å². The van der Waals surface area contributed by atoms with E-state index in [9.17, 15) is 4.79 Å². The van der Waals surface area contributed by atoms with Gasteiger partial charge in [-0.2, -0.15) is 0 Å². The van der Waals surface area contributed by atoms with Crippen LogP contribution in [0.15, 0.2) is 48.3 Å². The first-order valence-corrected chi connectivity index (χ1v) is 13.5. The molecule has 0 saturated heterocycles. The van der Waals surface area contributed by atoms with Gasteiger partial charge in [-0.05, 0) is 75.4 Å². The average Bonchev–Trinajstić information content (AvgIpc) is 2.88. The van der Waals surface area contributed by atoms with E-state index in [1.807, 2.05) is 96.9 Å². The van der Waals surface area contributed by atoms with Crippen molar-refractivity contribution in [2.75, 3.05) is 0 Å².